The molecule has 178 valence electrons. The van der Waals surface area contributed by atoms with Crippen LogP contribution < -0.4 is 0 Å². The number of rotatable bonds is 4. The SMILES string of the molecule is CC1c2nnc(-c3csc(-c4ccc(F)cc4)n3)n2CCN1C(=O)c1ccc(-c2ccccc2)cc1. The number of benzene rings is 3. The van der Waals surface area contributed by atoms with Gasteiger partial charge in [-0.2, -0.15) is 0 Å². The molecule has 0 bridgehead atoms. The maximum atomic E-state index is 13.4. The number of thiazole rings is 1. The number of amides is 1. The van der Waals surface area contributed by atoms with Gasteiger partial charge in [0.15, 0.2) is 11.6 Å². The molecule has 1 aliphatic heterocycles. The third kappa shape index (κ3) is 3.99. The summed E-state index contributed by atoms with van der Waals surface area (Å²) in [4.78, 5) is 19.9. The minimum absolute atomic E-state index is 0.0230. The number of carbonyl (C=O) groups is 1. The van der Waals surface area contributed by atoms with E-state index in [-0.39, 0.29) is 17.8 Å². The van der Waals surface area contributed by atoms with E-state index in [0.717, 1.165) is 33.2 Å². The molecule has 3 heterocycles. The zero-order valence-corrected chi connectivity index (χ0v) is 20.3. The first-order chi connectivity index (χ1) is 17.6. The molecule has 0 aliphatic carbocycles. The normalized spacial score (nSPS) is 15.1. The summed E-state index contributed by atoms with van der Waals surface area (Å²) in [5.74, 6) is 1.12. The van der Waals surface area contributed by atoms with Gasteiger partial charge in [-0.3, -0.25) is 4.79 Å². The summed E-state index contributed by atoms with van der Waals surface area (Å²) in [6.45, 7) is 3.11. The van der Waals surface area contributed by atoms with Gasteiger partial charge < -0.3 is 9.47 Å². The molecule has 6 nitrogen and oxygen atoms in total. The van der Waals surface area contributed by atoms with Crippen molar-refractivity contribution in [3.63, 3.8) is 0 Å². The summed E-state index contributed by atoms with van der Waals surface area (Å²) in [5.41, 5.74) is 4.42. The molecule has 5 aromatic rings. The third-order valence-corrected chi connectivity index (χ3v) is 7.40. The lowest BCUT2D eigenvalue weighted by Crippen LogP contribution is -2.41. The van der Waals surface area contributed by atoms with Crippen LogP contribution >= 0.6 is 11.3 Å². The van der Waals surface area contributed by atoms with Crippen LogP contribution in [0, 0.1) is 5.82 Å². The van der Waals surface area contributed by atoms with Crippen molar-refractivity contribution in [2.45, 2.75) is 19.5 Å². The maximum Gasteiger partial charge on any atom is 0.254 e. The molecule has 0 saturated heterocycles. The van der Waals surface area contributed by atoms with Gasteiger partial charge in [-0.1, -0.05) is 42.5 Å². The van der Waals surface area contributed by atoms with Crippen molar-refractivity contribution in [1.82, 2.24) is 24.6 Å². The van der Waals surface area contributed by atoms with E-state index >= 15 is 0 Å². The van der Waals surface area contributed by atoms with Crippen molar-refractivity contribution < 1.29 is 9.18 Å². The number of carbonyl (C=O) groups excluding carboxylic acids is 1. The standard InChI is InChI=1S/C28H22FN5OS/c1-18-25-31-32-26(24-17-36-27(30-24)21-11-13-23(29)14-12-21)34(25)16-15-33(18)28(35)22-9-7-20(8-10-22)19-5-3-2-4-6-19/h2-14,17-18H,15-16H2,1H3. The lowest BCUT2D eigenvalue weighted by atomic mass is 10.0. The number of aromatic nitrogens is 4. The van der Waals surface area contributed by atoms with Crippen molar-refractivity contribution in [2.24, 2.45) is 0 Å². The number of fused-ring (bicyclic) bond motifs is 1. The lowest BCUT2D eigenvalue weighted by Gasteiger charge is -2.33. The van der Waals surface area contributed by atoms with Gasteiger partial charge in [-0.25, -0.2) is 9.37 Å². The minimum Gasteiger partial charge on any atom is -0.327 e. The molecular weight excluding hydrogens is 473 g/mol. The van der Waals surface area contributed by atoms with Gasteiger partial charge in [0.1, 0.15) is 16.5 Å². The Morgan fingerprint density at radius 3 is 2.33 bits per heavy atom. The van der Waals surface area contributed by atoms with E-state index in [2.05, 4.69) is 22.3 Å². The van der Waals surface area contributed by atoms with Crippen molar-refractivity contribution in [2.75, 3.05) is 6.54 Å². The van der Waals surface area contributed by atoms with Crippen molar-refractivity contribution in [1.29, 1.82) is 0 Å². The van der Waals surface area contributed by atoms with Gasteiger partial charge in [0, 0.05) is 29.6 Å². The molecule has 0 N–H and O–H groups in total. The fraction of sp³-hybridized carbons (Fsp3) is 0.143. The highest BCUT2D eigenvalue weighted by molar-refractivity contribution is 7.13. The third-order valence-electron chi connectivity index (χ3n) is 6.51. The summed E-state index contributed by atoms with van der Waals surface area (Å²) < 4.78 is 15.3. The van der Waals surface area contributed by atoms with Gasteiger partial charge >= 0.3 is 0 Å². The lowest BCUT2D eigenvalue weighted by molar-refractivity contribution is 0.0638. The van der Waals surface area contributed by atoms with E-state index in [0.29, 0.717) is 24.5 Å². The van der Waals surface area contributed by atoms with E-state index in [1.165, 1.54) is 23.5 Å². The highest BCUT2D eigenvalue weighted by Gasteiger charge is 2.32. The van der Waals surface area contributed by atoms with Gasteiger partial charge in [-0.05, 0) is 54.4 Å². The summed E-state index contributed by atoms with van der Waals surface area (Å²) in [6, 6.07) is 23.9. The molecule has 1 atom stereocenters. The molecule has 0 radical (unpaired) electrons. The van der Waals surface area contributed by atoms with Crippen LogP contribution in [-0.2, 0) is 6.54 Å². The molecule has 0 fully saturated rings. The van der Waals surface area contributed by atoms with E-state index in [9.17, 15) is 9.18 Å². The van der Waals surface area contributed by atoms with Gasteiger partial charge in [0.25, 0.3) is 5.91 Å². The Kier molecular flexibility index (Phi) is 5.65. The van der Waals surface area contributed by atoms with Gasteiger partial charge in [0.2, 0.25) is 0 Å². The Morgan fingerprint density at radius 2 is 1.58 bits per heavy atom. The number of hydrogen-bond acceptors (Lipinski definition) is 5. The minimum atomic E-state index is -0.276. The Bertz CT molecular complexity index is 1530. The molecule has 1 amide bonds. The van der Waals surface area contributed by atoms with Crippen LogP contribution in [-0.4, -0.2) is 37.1 Å². The predicted molar refractivity (Wildman–Crippen MR) is 138 cm³/mol. The quantitative estimate of drug-likeness (QED) is 0.303. The second kappa shape index (κ2) is 9.13. The Balaban J connectivity index is 1.22. The second-order valence-corrected chi connectivity index (χ2v) is 9.55. The number of hydrogen-bond donors (Lipinski definition) is 0. The van der Waals surface area contributed by atoms with Crippen LogP contribution in [0.2, 0.25) is 0 Å². The van der Waals surface area contributed by atoms with E-state index < -0.39 is 0 Å². The van der Waals surface area contributed by atoms with E-state index in [4.69, 9.17) is 4.98 Å². The van der Waals surface area contributed by atoms with Crippen molar-refractivity contribution in [3.05, 3.63) is 101 Å². The number of halogens is 1. The summed E-state index contributed by atoms with van der Waals surface area (Å²) in [6.07, 6.45) is 0. The Morgan fingerprint density at radius 1 is 0.889 bits per heavy atom. The zero-order chi connectivity index (χ0) is 24.6. The second-order valence-electron chi connectivity index (χ2n) is 8.70. The van der Waals surface area contributed by atoms with Crippen molar-refractivity contribution in [3.8, 4) is 33.2 Å². The molecule has 0 spiro atoms. The predicted octanol–water partition coefficient (Wildman–Crippen LogP) is 6.09. The fourth-order valence-electron chi connectivity index (χ4n) is 4.56. The Labute approximate surface area is 211 Å². The van der Waals surface area contributed by atoms with Gasteiger partial charge in [0.05, 0.1) is 6.04 Å². The highest BCUT2D eigenvalue weighted by Crippen LogP contribution is 2.32. The van der Waals surface area contributed by atoms with Crippen LogP contribution in [0.5, 0.6) is 0 Å². The molecule has 0 saturated carbocycles. The summed E-state index contributed by atoms with van der Waals surface area (Å²) >= 11 is 1.48. The van der Waals surface area contributed by atoms with Crippen LogP contribution in [0.15, 0.2) is 84.2 Å². The highest BCUT2D eigenvalue weighted by atomic mass is 32.1. The fourth-order valence-corrected chi connectivity index (χ4v) is 5.36. The Hall–Kier alpha value is -4.17. The molecule has 3 aromatic carbocycles. The monoisotopic (exact) mass is 495 g/mol. The smallest absolute Gasteiger partial charge is 0.254 e. The summed E-state index contributed by atoms with van der Waals surface area (Å²) in [5, 5.41) is 11.6. The zero-order valence-electron chi connectivity index (χ0n) is 19.5. The molecule has 8 heteroatoms. The molecule has 1 unspecified atom stereocenters. The first-order valence-electron chi connectivity index (χ1n) is 11.7. The van der Waals surface area contributed by atoms with E-state index in [1.54, 1.807) is 12.1 Å². The molecule has 6 rings (SSSR count). The largest absolute Gasteiger partial charge is 0.327 e. The summed E-state index contributed by atoms with van der Waals surface area (Å²) in [7, 11) is 0. The van der Waals surface area contributed by atoms with Crippen LogP contribution in [0.25, 0.3) is 33.2 Å². The topological polar surface area (TPSA) is 63.9 Å². The van der Waals surface area contributed by atoms with Gasteiger partial charge in [-0.15, -0.1) is 21.5 Å². The average molecular weight is 496 g/mol. The molecule has 36 heavy (non-hydrogen) atoms. The van der Waals surface area contributed by atoms with Crippen LogP contribution in [0.4, 0.5) is 4.39 Å². The first kappa shape index (κ1) is 22.3. The molecule has 1 aliphatic rings. The first-order valence-corrected chi connectivity index (χ1v) is 12.6. The number of nitrogens with zero attached hydrogens (tertiary/aromatic N) is 5. The average Bonchev–Trinajstić information content (AvgIpc) is 3.58. The van der Waals surface area contributed by atoms with Crippen LogP contribution in [0.3, 0.4) is 0 Å². The molecular formula is C28H22FN5OS. The maximum absolute atomic E-state index is 13.4. The van der Waals surface area contributed by atoms with Crippen LogP contribution in [0.1, 0.15) is 29.1 Å². The molecule has 2 aromatic heterocycles. The van der Waals surface area contributed by atoms with E-state index in [1.807, 2.05) is 64.2 Å². The van der Waals surface area contributed by atoms with Crippen molar-refractivity contribution >= 4 is 17.2 Å².